The number of carbonyl (C=O) groups is 1. The van der Waals surface area contributed by atoms with Crippen LogP contribution in [0.1, 0.15) is 36.0 Å². The van der Waals surface area contributed by atoms with Gasteiger partial charge in [-0.05, 0) is 49.3 Å². The van der Waals surface area contributed by atoms with Crippen LogP contribution in [0, 0.1) is 6.92 Å². The van der Waals surface area contributed by atoms with Gasteiger partial charge in [-0.25, -0.2) is 4.79 Å². The topological polar surface area (TPSA) is 49.8 Å². The Kier molecular flexibility index (Phi) is 5.01. The van der Waals surface area contributed by atoms with Gasteiger partial charge in [-0.15, -0.1) is 0 Å². The van der Waals surface area contributed by atoms with E-state index in [0.29, 0.717) is 6.54 Å². The number of nitrogens with zero attached hydrogens (tertiary/aromatic N) is 1. The summed E-state index contributed by atoms with van der Waals surface area (Å²) in [6, 6.07) is 6.58. The Bertz CT molecular complexity index is 469. The molecule has 2 rings (SSSR count). The molecule has 4 heteroatoms. The van der Waals surface area contributed by atoms with Crippen molar-refractivity contribution in [3.8, 4) is 0 Å². The quantitative estimate of drug-likeness (QED) is 0.778. The third-order valence-corrected chi connectivity index (χ3v) is 3.80. The average Bonchev–Trinajstić information content (AvgIpc) is 3.23. The van der Waals surface area contributed by atoms with Crippen LogP contribution < -0.4 is 0 Å². The number of benzene rings is 1. The van der Waals surface area contributed by atoms with Crippen LogP contribution in [0.4, 0.5) is 4.79 Å². The lowest BCUT2D eigenvalue weighted by atomic mass is 10.0. The highest BCUT2D eigenvalue weighted by Gasteiger charge is 2.32. The first-order valence-corrected chi connectivity index (χ1v) is 7.18. The van der Waals surface area contributed by atoms with E-state index in [1.807, 2.05) is 6.92 Å². The summed E-state index contributed by atoms with van der Waals surface area (Å²) >= 11 is 0. The summed E-state index contributed by atoms with van der Waals surface area (Å²) in [5.41, 5.74) is 3.53. The zero-order valence-corrected chi connectivity index (χ0v) is 12.3. The van der Waals surface area contributed by atoms with Gasteiger partial charge >= 0.3 is 6.09 Å². The third-order valence-electron chi connectivity index (χ3n) is 3.80. The fourth-order valence-corrected chi connectivity index (χ4v) is 2.39. The number of hydrogen-bond acceptors (Lipinski definition) is 2. The molecular weight excluding hydrogens is 254 g/mol. The minimum absolute atomic E-state index is 0.226. The van der Waals surface area contributed by atoms with Crippen molar-refractivity contribution in [3.05, 3.63) is 34.9 Å². The summed E-state index contributed by atoms with van der Waals surface area (Å²) < 4.78 is 5.07. The lowest BCUT2D eigenvalue weighted by Crippen LogP contribution is -2.31. The highest BCUT2D eigenvalue weighted by molar-refractivity contribution is 5.66. The summed E-state index contributed by atoms with van der Waals surface area (Å²) in [5.74, 6) is 0. The highest BCUT2D eigenvalue weighted by atomic mass is 16.5. The maximum atomic E-state index is 11.3. The first-order chi connectivity index (χ1) is 9.61. The molecule has 1 fully saturated rings. The summed E-state index contributed by atoms with van der Waals surface area (Å²) in [5, 5.41) is 9.29. The molecule has 0 heterocycles. The number of aryl methyl sites for hydroxylation is 2. The summed E-state index contributed by atoms with van der Waals surface area (Å²) in [6.07, 6.45) is 3.15. The molecule has 0 atom stereocenters. The summed E-state index contributed by atoms with van der Waals surface area (Å²) in [4.78, 5) is 12.9. The van der Waals surface area contributed by atoms with Gasteiger partial charge in [0.25, 0.3) is 0 Å². The van der Waals surface area contributed by atoms with Crippen LogP contribution in [-0.2, 0) is 17.7 Å². The molecular formula is C16H23NO3. The van der Waals surface area contributed by atoms with E-state index in [4.69, 9.17) is 4.74 Å². The van der Waals surface area contributed by atoms with Gasteiger partial charge < -0.3 is 14.7 Å². The van der Waals surface area contributed by atoms with E-state index in [1.54, 1.807) is 12.0 Å². The third kappa shape index (κ3) is 3.97. The monoisotopic (exact) mass is 277 g/mol. The van der Waals surface area contributed by atoms with Crippen LogP contribution in [0.5, 0.6) is 0 Å². The van der Waals surface area contributed by atoms with Gasteiger partial charge in [0.1, 0.15) is 0 Å². The normalized spacial score (nSPS) is 14.3. The zero-order chi connectivity index (χ0) is 14.5. The maximum absolute atomic E-state index is 11.3. The van der Waals surface area contributed by atoms with Crippen molar-refractivity contribution in [2.24, 2.45) is 0 Å². The molecule has 0 radical (unpaired) electrons. The first-order valence-electron chi connectivity index (χ1n) is 7.18. The molecule has 1 saturated carbocycles. The SMILES string of the molecule is COCCCc1ccc(C)c(CN(C(=O)O)C2CC2)c1. The van der Waals surface area contributed by atoms with Crippen LogP contribution in [0.25, 0.3) is 0 Å². The fraction of sp³-hybridized carbons (Fsp3) is 0.562. The van der Waals surface area contributed by atoms with E-state index in [2.05, 4.69) is 18.2 Å². The number of hydrogen-bond donors (Lipinski definition) is 1. The molecule has 110 valence electrons. The van der Waals surface area contributed by atoms with Gasteiger partial charge in [0, 0.05) is 26.3 Å². The Balaban J connectivity index is 2.05. The van der Waals surface area contributed by atoms with Crippen molar-refractivity contribution in [2.45, 2.75) is 45.2 Å². The number of amides is 1. The highest BCUT2D eigenvalue weighted by Crippen LogP contribution is 2.29. The van der Waals surface area contributed by atoms with E-state index < -0.39 is 6.09 Å². The van der Waals surface area contributed by atoms with E-state index in [-0.39, 0.29) is 6.04 Å². The van der Waals surface area contributed by atoms with E-state index in [9.17, 15) is 9.90 Å². The van der Waals surface area contributed by atoms with Gasteiger partial charge in [0.05, 0.1) is 0 Å². The first kappa shape index (κ1) is 14.9. The lowest BCUT2D eigenvalue weighted by molar-refractivity contribution is 0.139. The molecule has 4 nitrogen and oxygen atoms in total. The predicted molar refractivity (Wildman–Crippen MR) is 78.0 cm³/mol. The summed E-state index contributed by atoms with van der Waals surface area (Å²) in [6.45, 7) is 3.30. The fourth-order valence-electron chi connectivity index (χ4n) is 2.39. The second kappa shape index (κ2) is 6.75. The van der Waals surface area contributed by atoms with Crippen molar-refractivity contribution >= 4 is 6.09 Å². The van der Waals surface area contributed by atoms with Crippen LogP contribution >= 0.6 is 0 Å². The molecule has 0 bridgehead atoms. The number of carboxylic acid groups (broad SMARTS) is 1. The average molecular weight is 277 g/mol. The van der Waals surface area contributed by atoms with Gasteiger partial charge in [0.2, 0.25) is 0 Å². The summed E-state index contributed by atoms with van der Waals surface area (Å²) in [7, 11) is 1.71. The smallest absolute Gasteiger partial charge is 0.407 e. The lowest BCUT2D eigenvalue weighted by Gasteiger charge is -2.20. The molecule has 1 aromatic carbocycles. The minimum Gasteiger partial charge on any atom is -0.465 e. The Morgan fingerprint density at radius 2 is 2.20 bits per heavy atom. The van der Waals surface area contributed by atoms with E-state index >= 15 is 0 Å². The van der Waals surface area contributed by atoms with Gasteiger partial charge in [-0.3, -0.25) is 0 Å². The van der Waals surface area contributed by atoms with E-state index in [1.165, 1.54) is 5.56 Å². The number of methoxy groups -OCH3 is 1. The second-order valence-electron chi connectivity index (χ2n) is 5.50. The van der Waals surface area contributed by atoms with Crippen molar-refractivity contribution in [1.82, 2.24) is 4.90 Å². The van der Waals surface area contributed by atoms with Crippen molar-refractivity contribution in [3.63, 3.8) is 0 Å². The molecule has 0 saturated heterocycles. The van der Waals surface area contributed by atoms with Crippen LogP contribution in [-0.4, -0.2) is 35.9 Å². The van der Waals surface area contributed by atoms with Crippen molar-refractivity contribution in [2.75, 3.05) is 13.7 Å². The van der Waals surface area contributed by atoms with Crippen molar-refractivity contribution < 1.29 is 14.6 Å². The molecule has 0 spiro atoms. The molecule has 0 aliphatic heterocycles. The Labute approximate surface area is 120 Å². The van der Waals surface area contributed by atoms with Crippen LogP contribution in [0.15, 0.2) is 18.2 Å². The molecule has 1 aliphatic rings. The molecule has 1 aromatic rings. The number of ether oxygens (including phenoxy) is 1. The Morgan fingerprint density at radius 1 is 1.45 bits per heavy atom. The van der Waals surface area contributed by atoms with E-state index in [0.717, 1.165) is 43.4 Å². The molecule has 1 amide bonds. The van der Waals surface area contributed by atoms with Gasteiger partial charge in [-0.2, -0.15) is 0 Å². The van der Waals surface area contributed by atoms with Crippen LogP contribution in [0.3, 0.4) is 0 Å². The Hall–Kier alpha value is -1.55. The molecule has 1 N–H and O–H groups in total. The zero-order valence-electron chi connectivity index (χ0n) is 12.3. The molecule has 0 unspecified atom stereocenters. The molecule has 20 heavy (non-hydrogen) atoms. The minimum atomic E-state index is -0.809. The van der Waals surface area contributed by atoms with Crippen LogP contribution in [0.2, 0.25) is 0 Å². The van der Waals surface area contributed by atoms with Crippen molar-refractivity contribution in [1.29, 1.82) is 0 Å². The maximum Gasteiger partial charge on any atom is 0.407 e. The largest absolute Gasteiger partial charge is 0.465 e. The standard InChI is InChI=1S/C16H23NO3/c1-12-5-6-13(4-3-9-20-2)10-14(12)11-17(16(18)19)15-7-8-15/h5-6,10,15H,3-4,7-9,11H2,1-2H3,(H,18,19). The van der Waals surface area contributed by atoms with Gasteiger partial charge in [-0.1, -0.05) is 18.2 Å². The van der Waals surface area contributed by atoms with Gasteiger partial charge in [0.15, 0.2) is 0 Å². The molecule has 1 aliphatic carbocycles. The molecule has 0 aromatic heterocycles. The predicted octanol–water partition coefficient (Wildman–Crippen LogP) is 3.22. The Morgan fingerprint density at radius 3 is 2.80 bits per heavy atom. The second-order valence-corrected chi connectivity index (χ2v) is 5.50. The number of rotatable bonds is 7.